The Morgan fingerprint density at radius 3 is 1.62 bits per heavy atom. The van der Waals surface area contributed by atoms with Crippen LogP contribution in [0, 0.1) is 0 Å². The van der Waals surface area contributed by atoms with Crippen LogP contribution in [0.4, 0.5) is 0 Å². The molecule has 0 N–H and O–H groups in total. The molecule has 0 saturated heterocycles. The van der Waals surface area contributed by atoms with Gasteiger partial charge in [-0.05, 0) is 49.5 Å². The molecule has 0 bridgehead atoms. The van der Waals surface area contributed by atoms with Crippen molar-refractivity contribution in [2.45, 2.75) is 0 Å². The van der Waals surface area contributed by atoms with Gasteiger partial charge in [0.15, 0.2) is 0 Å². The maximum atomic E-state index is 2.40. The number of benzene rings is 8. The van der Waals surface area contributed by atoms with E-state index in [9.17, 15) is 0 Å². The van der Waals surface area contributed by atoms with Crippen molar-refractivity contribution >= 4 is 106 Å². The van der Waals surface area contributed by atoms with Crippen LogP contribution in [0.3, 0.4) is 0 Å². The van der Waals surface area contributed by atoms with Gasteiger partial charge < -0.3 is 0 Å². The van der Waals surface area contributed by atoms with Crippen molar-refractivity contribution in [1.82, 2.24) is 0 Å². The van der Waals surface area contributed by atoms with Gasteiger partial charge in [-0.25, -0.2) is 0 Å². The molecule has 2 aromatic heterocycles. The minimum atomic E-state index is 1.26. The van der Waals surface area contributed by atoms with E-state index in [0.29, 0.717) is 0 Å². The standard InChI is InChI=1S/C40H22S2/c1-2-9-23(10-3-1)28-21-22-30-34-31-19-17-24-11-4-6-13-26(24)38(31)41-33-16-8-15-29(36(33)34)35-32-20-18-25-12-5-7-14-27(25)39(32)42-40(28)37(30)35/h1-22H. The van der Waals surface area contributed by atoms with E-state index in [1.54, 1.807) is 0 Å². The van der Waals surface area contributed by atoms with Crippen LogP contribution in [0.2, 0.25) is 0 Å². The van der Waals surface area contributed by atoms with Gasteiger partial charge in [-0.2, -0.15) is 0 Å². The zero-order valence-corrected chi connectivity index (χ0v) is 24.2. The Bertz CT molecular complexity index is 2720. The Balaban J connectivity index is 1.55. The lowest BCUT2D eigenvalue weighted by molar-refractivity contribution is 1.68. The highest BCUT2D eigenvalue weighted by atomic mass is 32.1. The molecular weight excluding hydrogens is 545 g/mol. The van der Waals surface area contributed by atoms with Crippen molar-refractivity contribution < 1.29 is 0 Å². The Morgan fingerprint density at radius 1 is 0.310 bits per heavy atom. The Hall–Kier alpha value is -4.76. The highest BCUT2D eigenvalue weighted by molar-refractivity contribution is 7.27. The topological polar surface area (TPSA) is 0 Å². The van der Waals surface area contributed by atoms with Crippen LogP contribution in [-0.4, -0.2) is 0 Å². The lowest BCUT2D eigenvalue weighted by Gasteiger charge is -2.20. The molecule has 0 nitrogen and oxygen atoms in total. The van der Waals surface area contributed by atoms with Gasteiger partial charge >= 0.3 is 0 Å². The van der Waals surface area contributed by atoms with E-state index in [4.69, 9.17) is 0 Å². The molecule has 10 rings (SSSR count). The summed E-state index contributed by atoms with van der Waals surface area (Å²) < 4.78 is 5.44. The van der Waals surface area contributed by atoms with Crippen LogP contribution >= 0.6 is 22.7 Å². The van der Waals surface area contributed by atoms with Gasteiger partial charge in [0.1, 0.15) is 0 Å². The van der Waals surface area contributed by atoms with Crippen LogP contribution in [0.25, 0.3) is 94.6 Å². The quantitative estimate of drug-likeness (QED) is 0.137. The van der Waals surface area contributed by atoms with E-state index in [1.807, 2.05) is 22.7 Å². The maximum Gasteiger partial charge on any atom is 0.0440 e. The first kappa shape index (κ1) is 22.9. The van der Waals surface area contributed by atoms with Crippen molar-refractivity contribution in [2.24, 2.45) is 0 Å². The summed E-state index contributed by atoms with van der Waals surface area (Å²) in [5.41, 5.74) is 2.57. The molecular formula is C40H22S2. The minimum absolute atomic E-state index is 1.26. The lowest BCUT2D eigenvalue weighted by atomic mass is 9.89. The summed E-state index contributed by atoms with van der Waals surface area (Å²) in [5.74, 6) is 0. The molecule has 0 radical (unpaired) electrons. The van der Waals surface area contributed by atoms with Crippen LogP contribution in [0.1, 0.15) is 0 Å². The van der Waals surface area contributed by atoms with Crippen molar-refractivity contribution in [3.05, 3.63) is 133 Å². The SMILES string of the molecule is c1ccc(-c2ccc3c4c2sc2c5ccccc5ccc2c4c2cccc4sc5c6ccccc6ccc5c3c42)cc1. The van der Waals surface area contributed by atoms with E-state index in [1.165, 1.54) is 94.6 Å². The molecule has 0 amide bonds. The second-order valence-corrected chi connectivity index (χ2v) is 13.3. The zero-order valence-electron chi connectivity index (χ0n) is 22.5. The fourth-order valence-corrected chi connectivity index (χ4v) is 9.86. The zero-order chi connectivity index (χ0) is 27.4. The average Bonchev–Trinajstić information content (AvgIpc) is 3.06. The fourth-order valence-electron chi connectivity index (χ4n) is 7.21. The third-order valence-corrected chi connectivity index (χ3v) is 11.5. The van der Waals surface area contributed by atoms with E-state index >= 15 is 0 Å². The molecule has 0 fully saturated rings. The molecule has 0 spiro atoms. The summed E-state index contributed by atoms with van der Waals surface area (Å²) in [6, 6.07) is 49.6. The minimum Gasteiger partial charge on any atom is -0.135 e. The fraction of sp³-hybridized carbons (Fsp3) is 0. The highest BCUT2D eigenvalue weighted by Gasteiger charge is 2.21. The second kappa shape index (κ2) is 8.39. The van der Waals surface area contributed by atoms with E-state index in [2.05, 4.69) is 133 Å². The number of hydrogen-bond acceptors (Lipinski definition) is 2. The average molecular weight is 567 g/mol. The number of hydrogen-bond donors (Lipinski definition) is 0. The van der Waals surface area contributed by atoms with Crippen molar-refractivity contribution in [1.29, 1.82) is 0 Å². The van der Waals surface area contributed by atoms with Crippen LogP contribution in [0.5, 0.6) is 0 Å². The summed E-state index contributed by atoms with van der Waals surface area (Å²) >= 11 is 3.89. The molecule has 0 atom stereocenters. The lowest BCUT2D eigenvalue weighted by Crippen LogP contribution is -1.91. The Morgan fingerprint density at radius 2 is 0.881 bits per heavy atom. The highest BCUT2D eigenvalue weighted by Crippen LogP contribution is 2.51. The molecule has 0 aliphatic heterocycles. The summed E-state index contributed by atoms with van der Waals surface area (Å²) in [7, 11) is 0. The van der Waals surface area contributed by atoms with Crippen molar-refractivity contribution in [3.63, 3.8) is 0 Å². The molecule has 8 aromatic carbocycles. The number of rotatable bonds is 1. The Labute approximate surface area is 249 Å². The van der Waals surface area contributed by atoms with Gasteiger partial charge in [-0.15, -0.1) is 22.7 Å². The maximum absolute atomic E-state index is 2.40. The van der Waals surface area contributed by atoms with Gasteiger partial charge in [-0.1, -0.05) is 127 Å². The summed E-state index contributed by atoms with van der Waals surface area (Å²) in [5, 5.41) is 16.2. The van der Waals surface area contributed by atoms with Crippen LogP contribution in [-0.2, 0) is 0 Å². The first-order valence-electron chi connectivity index (χ1n) is 14.4. The molecule has 2 heterocycles. The van der Waals surface area contributed by atoms with Crippen LogP contribution < -0.4 is 0 Å². The van der Waals surface area contributed by atoms with Gasteiger partial charge in [0, 0.05) is 51.1 Å². The smallest absolute Gasteiger partial charge is 0.0440 e. The molecule has 0 unspecified atom stereocenters. The summed E-state index contributed by atoms with van der Waals surface area (Å²) in [4.78, 5) is 0. The normalized spacial score (nSPS) is 12.3. The van der Waals surface area contributed by atoms with Gasteiger partial charge in [0.05, 0.1) is 0 Å². The number of fused-ring (bicyclic) bond motifs is 10. The first-order chi connectivity index (χ1) is 20.8. The molecule has 10 aromatic rings. The summed E-state index contributed by atoms with van der Waals surface area (Å²) in [6.07, 6.45) is 0. The summed E-state index contributed by atoms with van der Waals surface area (Å²) in [6.45, 7) is 0. The van der Waals surface area contributed by atoms with Crippen molar-refractivity contribution in [3.8, 4) is 11.1 Å². The largest absolute Gasteiger partial charge is 0.135 e. The third kappa shape index (κ3) is 2.96. The van der Waals surface area contributed by atoms with Gasteiger partial charge in [0.2, 0.25) is 0 Å². The molecule has 0 aliphatic rings. The predicted octanol–water partition coefficient (Wildman–Crippen LogP) is 12.7. The van der Waals surface area contributed by atoms with Crippen molar-refractivity contribution in [2.75, 3.05) is 0 Å². The van der Waals surface area contributed by atoms with E-state index in [0.717, 1.165) is 0 Å². The predicted molar refractivity (Wildman–Crippen MR) is 188 cm³/mol. The van der Waals surface area contributed by atoms with Crippen LogP contribution in [0.15, 0.2) is 133 Å². The molecule has 0 aliphatic carbocycles. The second-order valence-electron chi connectivity index (χ2n) is 11.2. The molecule has 42 heavy (non-hydrogen) atoms. The van der Waals surface area contributed by atoms with Gasteiger partial charge in [-0.3, -0.25) is 0 Å². The molecule has 2 heteroatoms. The monoisotopic (exact) mass is 566 g/mol. The van der Waals surface area contributed by atoms with E-state index < -0.39 is 0 Å². The molecule has 194 valence electrons. The van der Waals surface area contributed by atoms with Gasteiger partial charge in [0.25, 0.3) is 0 Å². The molecule has 0 saturated carbocycles. The first-order valence-corrected chi connectivity index (χ1v) is 16.0. The Kier molecular flexibility index (Phi) is 4.57. The van der Waals surface area contributed by atoms with E-state index in [-0.39, 0.29) is 0 Å². The third-order valence-electron chi connectivity index (χ3n) is 9.02.